The second kappa shape index (κ2) is 4.39. The van der Waals surface area contributed by atoms with Crippen LogP contribution in [0, 0.1) is 0 Å². The standard InChI is InChI=1S/C9H15N5O/c1-10-9(15)8-6-14(13-12-8)5-7-3-2-4-11-7/h6-7,11H,2-5H2,1H3,(H,10,15)/t7-/m0/s1. The van der Waals surface area contributed by atoms with E-state index in [1.807, 2.05) is 0 Å². The summed E-state index contributed by atoms with van der Waals surface area (Å²) >= 11 is 0. The van der Waals surface area contributed by atoms with E-state index in [-0.39, 0.29) is 5.91 Å². The molecule has 1 atom stereocenters. The van der Waals surface area contributed by atoms with Crippen molar-refractivity contribution in [2.45, 2.75) is 25.4 Å². The normalized spacial score (nSPS) is 20.5. The van der Waals surface area contributed by atoms with Crippen molar-refractivity contribution in [3.05, 3.63) is 11.9 Å². The van der Waals surface area contributed by atoms with Gasteiger partial charge in [0.2, 0.25) is 0 Å². The molecule has 2 N–H and O–H groups in total. The highest BCUT2D eigenvalue weighted by atomic mass is 16.1. The summed E-state index contributed by atoms with van der Waals surface area (Å²) in [6, 6.07) is 0.462. The first kappa shape index (κ1) is 10.1. The number of nitrogens with zero attached hydrogens (tertiary/aromatic N) is 3. The van der Waals surface area contributed by atoms with Gasteiger partial charge in [-0.15, -0.1) is 5.10 Å². The largest absolute Gasteiger partial charge is 0.354 e. The number of aromatic nitrogens is 3. The van der Waals surface area contributed by atoms with Crippen LogP contribution in [-0.4, -0.2) is 40.5 Å². The third-order valence-electron chi connectivity index (χ3n) is 2.57. The van der Waals surface area contributed by atoms with Crippen LogP contribution in [0.4, 0.5) is 0 Å². The van der Waals surface area contributed by atoms with E-state index in [1.54, 1.807) is 17.9 Å². The van der Waals surface area contributed by atoms with E-state index >= 15 is 0 Å². The molecule has 1 saturated heterocycles. The quantitative estimate of drug-likeness (QED) is 0.696. The Balaban J connectivity index is 1.97. The molecular weight excluding hydrogens is 194 g/mol. The molecule has 15 heavy (non-hydrogen) atoms. The molecule has 82 valence electrons. The highest BCUT2D eigenvalue weighted by Gasteiger charge is 2.16. The van der Waals surface area contributed by atoms with Crippen LogP contribution < -0.4 is 10.6 Å². The van der Waals surface area contributed by atoms with Gasteiger partial charge in [0.15, 0.2) is 5.69 Å². The third kappa shape index (κ3) is 2.33. The van der Waals surface area contributed by atoms with Crippen LogP contribution in [0.3, 0.4) is 0 Å². The van der Waals surface area contributed by atoms with Crippen molar-refractivity contribution >= 4 is 5.91 Å². The Morgan fingerprint density at radius 1 is 1.80 bits per heavy atom. The molecule has 0 aromatic carbocycles. The first-order valence-electron chi connectivity index (χ1n) is 5.15. The monoisotopic (exact) mass is 209 g/mol. The molecule has 0 aliphatic carbocycles. The summed E-state index contributed by atoms with van der Waals surface area (Å²) < 4.78 is 1.72. The fraction of sp³-hybridized carbons (Fsp3) is 0.667. The Labute approximate surface area is 88.0 Å². The molecule has 6 nitrogen and oxygen atoms in total. The van der Waals surface area contributed by atoms with Crippen LogP contribution in [0.15, 0.2) is 6.20 Å². The van der Waals surface area contributed by atoms with Gasteiger partial charge < -0.3 is 10.6 Å². The summed E-state index contributed by atoms with van der Waals surface area (Å²) in [5.41, 5.74) is 0.371. The summed E-state index contributed by atoms with van der Waals surface area (Å²) in [6.07, 6.45) is 4.05. The number of nitrogens with one attached hydrogen (secondary N) is 2. The van der Waals surface area contributed by atoms with Crippen molar-refractivity contribution in [1.82, 2.24) is 25.6 Å². The average Bonchev–Trinajstić information content (AvgIpc) is 2.88. The first-order valence-corrected chi connectivity index (χ1v) is 5.15. The lowest BCUT2D eigenvalue weighted by Crippen LogP contribution is -2.27. The van der Waals surface area contributed by atoms with Crippen molar-refractivity contribution in [1.29, 1.82) is 0 Å². The van der Waals surface area contributed by atoms with Crippen LogP contribution in [0.5, 0.6) is 0 Å². The minimum atomic E-state index is -0.194. The predicted molar refractivity (Wildman–Crippen MR) is 54.4 cm³/mol. The maximum atomic E-state index is 11.2. The lowest BCUT2D eigenvalue weighted by Gasteiger charge is -2.08. The minimum absolute atomic E-state index is 0.194. The van der Waals surface area contributed by atoms with Crippen LogP contribution >= 0.6 is 0 Å². The highest BCUT2D eigenvalue weighted by molar-refractivity contribution is 5.91. The highest BCUT2D eigenvalue weighted by Crippen LogP contribution is 2.06. The number of carbonyl (C=O) groups excluding carboxylic acids is 1. The van der Waals surface area contributed by atoms with Crippen molar-refractivity contribution in [2.24, 2.45) is 0 Å². The van der Waals surface area contributed by atoms with Gasteiger partial charge in [-0.05, 0) is 19.4 Å². The SMILES string of the molecule is CNC(=O)c1cn(C[C@@H]2CCCN2)nn1. The summed E-state index contributed by atoms with van der Waals surface area (Å²) in [5, 5.41) is 13.6. The number of hydrogen-bond acceptors (Lipinski definition) is 4. The number of carbonyl (C=O) groups is 1. The maximum Gasteiger partial charge on any atom is 0.273 e. The van der Waals surface area contributed by atoms with Crippen molar-refractivity contribution in [2.75, 3.05) is 13.6 Å². The molecule has 0 spiro atoms. The van der Waals surface area contributed by atoms with Gasteiger partial charge in [0.1, 0.15) is 0 Å². The molecule has 2 heterocycles. The van der Waals surface area contributed by atoms with Crippen molar-refractivity contribution in [3.63, 3.8) is 0 Å². The Bertz CT molecular complexity index is 342. The van der Waals surface area contributed by atoms with Crippen molar-refractivity contribution < 1.29 is 4.79 Å². The second-order valence-corrected chi connectivity index (χ2v) is 3.70. The summed E-state index contributed by atoms with van der Waals surface area (Å²) in [4.78, 5) is 11.2. The number of amides is 1. The number of hydrogen-bond donors (Lipinski definition) is 2. The number of rotatable bonds is 3. The zero-order valence-electron chi connectivity index (χ0n) is 8.73. The maximum absolute atomic E-state index is 11.2. The fourth-order valence-electron chi connectivity index (χ4n) is 1.76. The molecule has 1 amide bonds. The molecule has 2 rings (SSSR count). The molecule has 1 aliphatic rings. The Morgan fingerprint density at radius 2 is 2.67 bits per heavy atom. The van der Waals surface area contributed by atoms with Gasteiger partial charge in [0, 0.05) is 13.1 Å². The van der Waals surface area contributed by atoms with Crippen LogP contribution in [0.1, 0.15) is 23.3 Å². The van der Waals surface area contributed by atoms with Gasteiger partial charge in [-0.25, -0.2) is 0 Å². The molecule has 0 radical (unpaired) electrons. The first-order chi connectivity index (χ1) is 7.29. The van der Waals surface area contributed by atoms with E-state index in [2.05, 4.69) is 20.9 Å². The van der Waals surface area contributed by atoms with E-state index in [0.717, 1.165) is 19.5 Å². The predicted octanol–water partition coefficient (Wildman–Crippen LogP) is -0.610. The van der Waals surface area contributed by atoms with E-state index in [1.165, 1.54) is 6.42 Å². The summed E-state index contributed by atoms with van der Waals surface area (Å²) in [5.74, 6) is -0.194. The average molecular weight is 209 g/mol. The zero-order chi connectivity index (χ0) is 10.7. The smallest absolute Gasteiger partial charge is 0.273 e. The molecule has 6 heteroatoms. The lowest BCUT2D eigenvalue weighted by molar-refractivity contribution is 0.0958. The minimum Gasteiger partial charge on any atom is -0.354 e. The molecule has 1 aromatic heterocycles. The summed E-state index contributed by atoms with van der Waals surface area (Å²) in [7, 11) is 1.58. The third-order valence-corrected chi connectivity index (χ3v) is 2.57. The zero-order valence-corrected chi connectivity index (χ0v) is 8.73. The Hall–Kier alpha value is -1.43. The lowest BCUT2D eigenvalue weighted by atomic mass is 10.2. The van der Waals surface area contributed by atoms with E-state index in [4.69, 9.17) is 0 Å². The van der Waals surface area contributed by atoms with Gasteiger partial charge >= 0.3 is 0 Å². The molecular formula is C9H15N5O. The second-order valence-electron chi connectivity index (χ2n) is 3.70. The van der Waals surface area contributed by atoms with Crippen LogP contribution in [0.25, 0.3) is 0 Å². The molecule has 1 fully saturated rings. The van der Waals surface area contributed by atoms with Gasteiger partial charge in [-0.2, -0.15) is 0 Å². The van der Waals surface area contributed by atoms with Gasteiger partial charge in [0.25, 0.3) is 5.91 Å². The Morgan fingerprint density at radius 3 is 3.33 bits per heavy atom. The molecule has 0 bridgehead atoms. The molecule has 0 saturated carbocycles. The van der Waals surface area contributed by atoms with E-state index in [0.29, 0.717) is 11.7 Å². The molecule has 0 unspecified atom stereocenters. The fourth-order valence-corrected chi connectivity index (χ4v) is 1.76. The van der Waals surface area contributed by atoms with Crippen molar-refractivity contribution in [3.8, 4) is 0 Å². The van der Waals surface area contributed by atoms with Gasteiger partial charge in [-0.1, -0.05) is 5.21 Å². The van der Waals surface area contributed by atoms with Gasteiger partial charge in [0.05, 0.1) is 12.7 Å². The topological polar surface area (TPSA) is 71.8 Å². The summed E-state index contributed by atoms with van der Waals surface area (Å²) in [6.45, 7) is 1.85. The molecule has 1 aliphatic heterocycles. The van der Waals surface area contributed by atoms with E-state index in [9.17, 15) is 4.79 Å². The van der Waals surface area contributed by atoms with E-state index < -0.39 is 0 Å². The van der Waals surface area contributed by atoms with Crippen LogP contribution in [0.2, 0.25) is 0 Å². The van der Waals surface area contributed by atoms with Crippen LogP contribution in [-0.2, 0) is 6.54 Å². The molecule has 1 aromatic rings. The van der Waals surface area contributed by atoms with Gasteiger partial charge in [-0.3, -0.25) is 9.48 Å². The Kier molecular flexibility index (Phi) is 2.96.